The molecule has 3 aromatic rings. The molecule has 0 radical (unpaired) electrons. The zero-order valence-corrected chi connectivity index (χ0v) is 18.5. The van der Waals surface area contributed by atoms with E-state index in [2.05, 4.69) is 0 Å². The zero-order valence-electron chi connectivity index (χ0n) is 17.7. The van der Waals surface area contributed by atoms with Gasteiger partial charge in [-0.25, -0.2) is 0 Å². The smallest absolute Gasteiger partial charge is 0.293 e. The number of carbonyl (C=O) groups excluding carboxylic acids is 3. The number of hydrogen-bond acceptors (Lipinski definition) is 6. The van der Waals surface area contributed by atoms with Crippen LogP contribution in [0.4, 0.5) is 16.2 Å². The van der Waals surface area contributed by atoms with E-state index in [0.717, 1.165) is 22.2 Å². The number of carbonyl (C=O) groups is 3. The summed E-state index contributed by atoms with van der Waals surface area (Å²) in [7, 11) is 0. The minimum atomic E-state index is -0.491. The highest BCUT2D eigenvalue weighted by Gasteiger charge is 2.43. The van der Waals surface area contributed by atoms with E-state index in [1.165, 1.54) is 17.0 Å². The predicted octanol–water partition coefficient (Wildman–Crippen LogP) is 4.75. The summed E-state index contributed by atoms with van der Waals surface area (Å²) in [5, 5.41) is 10.5. The first-order valence-electron chi connectivity index (χ1n) is 10.4. The van der Waals surface area contributed by atoms with E-state index >= 15 is 0 Å². The number of rotatable bonds is 5. The van der Waals surface area contributed by atoms with Crippen LogP contribution in [0.3, 0.4) is 0 Å². The highest BCUT2D eigenvalue weighted by molar-refractivity contribution is 8.18. The summed E-state index contributed by atoms with van der Waals surface area (Å²) in [4.78, 5) is 52.7. The first-order chi connectivity index (χ1) is 16.4. The van der Waals surface area contributed by atoms with Crippen LogP contribution < -0.4 is 4.90 Å². The largest absolute Gasteiger partial charge is 0.303 e. The van der Waals surface area contributed by atoms with E-state index in [4.69, 9.17) is 0 Å². The number of thioether (sulfide) groups is 1. The summed E-state index contributed by atoms with van der Waals surface area (Å²) < 4.78 is 0. The molecule has 1 saturated heterocycles. The monoisotopic (exact) mass is 471 g/mol. The van der Waals surface area contributed by atoms with Gasteiger partial charge in [-0.15, -0.1) is 0 Å². The number of para-hydroxylation sites is 1. The second kappa shape index (κ2) is 8.60. The van der Waals surface area contributed by atoms with E-state index in [9.17, 15) is 24.5 Å². The third-order valence-corrected chi connectivity index (χ3v) is 6.65. The van der Waals surface area contributed by atoms with Crippen LogP contribution in [0.1, 0.15) is 16.7 Å². The molecule has 0 spiro atoms. The van der Waals surface area contributed by atoms with Crippen LogP contribution in [-0.4, -0.2) is 26.9 Å². The molecule has 1 fully saturated rings. The maximum atomic E-state index is 13.5. The Bertz CT molecular complexity index is 1370. The summed E-state index contributed by atoms with van der Waals surface area (Å²) in [5.41, 5.74) is 2.89. The highest BCUT2D eigenvalue weighted by Crippen LogP contribution is 2.45. The molecule has 5 rings (SSSR count). The van der Waals surface area contributed by atoms with Gasteiger partial charge >= 0.3 is 0 Å². The Morgan fingerprint density at radius 2 is 1.35 bits per heavy atom. The van der Waals surface area contributed by atoms with E-state index in [1.807, 2.05) is 30.3 Å². The second-order valence-electron chi connectivity index (χ2n) is 7.78. The van der Waals surface area contributed by atoms with Crippen molar-refractivity contribution in [3.05, 3.63) is 111 Å². The van der Waals surface area contributed by atoms with Gasteiger partial charge in [0.1, 0.15) is 0 Å². The van der Waals surface area contributed by atoms with Crippen LogP contribution in [-0.2, 0) is 22.7 Å². The second-order valence-corrected chi connectivity index (χ2v) is 8.74. The summed E-state index contributed by atoms with van der Waals surface area (Å²) in [6.45, 7) is 0.301. The molecule has 0 aliphatic carbocycles. The normalized spacial score (nSPS) is 17.5. The SMILES string of the molecule is O=C1S/C(=C2\C(=O)N(Cc3ccc([N+](=O)[O-])cc3)c3ccccc32)C(=O)N1Cc1ccccc1. The first kappa shape index (κ1) is 21.6. The lowest BCUT2D eigenvalue weighted by Crippen LogP contribution is -2.29. The molecule has 0 unspecified atom stereocenters. The Morgan fingerprint density at radius 1 is 0.735 bits per heavy atom. The van der Waals surface area contributed by atoms with Crippen molar-refractivity contribution in [3.63, 3.8) is 0 Å². The van der Waals surface area contributed by atoms with Gasteiger partial charge in [0.2, 0.25) is 0 Å². The van der Waals surface area contributed by atoms with Crippen molar-refractivity contribution >= 4 is 45.8 Å². The number of benzene rings is 3. The van der Waals surface area contributed by atoms with Crippen molar-refractivity contribution < 1.29 is 19.3 Å². The number of amides is 3. The number of hydrogen-bond donors (Lipinski definition) is 0. The average molecular weight is 471 g/mol. The molecule has 0 atom stereocenters. The molecule has 0 aromatic heterocycles. The molecule has 9 heteroatoms. The average Bonchev–Trinajstić information content (AvgIpc) is 3.27. The minimum Gasteiger partial charge on any atom is -0.303 e. The van der Waals surface area contributed by atoms with Gasteiger partial charge < -0.3 is 4.90 Å². The molecular formula is C25H17N3O5S. The summed E-state index contributed by atoms with van der Waals surface area (Å²) in [6.07, 6.45) is 0. The Hall–Kier alpha value is -4.24. The predicted molar refractivity (Wildman–Crippen MR) is 128 cm³/mol. The summed E-state index contributed by atoms with van der Waals surface area (Å²) >= 11 is 0.774. The molecule has 2 aliphatic heterocycles. The molecule has 168 valence electrons. The number of nitro benzene ring substituents is 1. The van der Waals surface area contributed by atoms with E-state index in [0.29, 0.717) is 16.8 Å². The van der Waals surface area contributed by atoms with Gasteiger partial charge in [0, 0.05) is 17.7 Å². The van der Waals surface area contributed by atoms with Gasteiger partial charge in [-0.05, 0) is 29.0 Å². The Morgan fingerprint density at radius 3 is 2.06 bits per heavy atom. The number of nitrogens with zero attached hydrogens (tertiary/aromatic N) is 3. The van der Waals surface area contributed by atoms with Crippen molar-refractivity contribution in [2.75, 3.05) is 4.90 Å². The summed E-state index contributed by atoms with van der Waals surface area (Å²) in [6, 6.07) is 22.2. The lowest BCUT2D eigenvalue weighted by atomic mass is 10.1. The van der Waals surface area contributed by atoms with Crippen LogP contribution in [0.25, 0.3) is 5.57 Å². The molecule has 0 bridgehead atoms. The van der Waals surface area contributed by atoms with Gasteiger partial charge in [0.15, 0.2) is 0 Å². The molecule has 34 heavy (non-hydrogen) atoms. The molecule has 0 N–H and O–H groups in total. The van der Waals surface area contributed by atoms with Crippen LogP contribution in [0.15, 0.2) is 83.8 Å². The Labute approximate surface area is 198 Å². The van der Waals surface area contributed by atoms with E-state index in [-0.39, 0.29) is 35.2 Å². The lowest BCUT2D eigenvalue weighted by molar-refractivity contribution is -0.384. The number of imide groups is 1. The molecule has 0 saturated carbocycles. The number of anilines is 1. The maximum absolute atomic E-state index is 13.5. The minimum absolute atomic E-state index is 0.0373. The van der Waals surface area contributed by atoms with Crippen molar-refractivity contribution in [3.8, 4) is 0 Å². The quantitative estimate of drug-likeness (QED) is 0.302. The highest BCUT2D eigenvalue weighted by atomic mass is 32.2. The van der Waals surface area contributed by atoms with Gasteiger partial charge in [-0.1, -0.05) is 60.7 Å². The van der Waals surface area contributed by atoms with Crippen molar-refractivity contribution in [1.82, 2.24) is 4.90 Å². The fourth-order valence-corrected chi connectivity index (χ4v) is 4.94. The lowest BCUT2D eigenvalue weighted by Gasteiger charge is -2.17. The number of fused-ring (bicyclic) bond motifs is 1. The van der Waals surface area contributed by atoms with Gasteiger partial charge in [-0.2, -0.15) is 0 Å². The van der Waals surface area contributed by atoms with Crippen LogP contribution in [0.5, 0.6) is 0 Å². The van der Waals surface area contributed by atoms with Gasteiger partial charge in [0.25, 0.3) is 22.7 Å². The fourth-order valence-electron chi connectivity index (χ4n) is 4.01. The molecule has 8 nitrogen and oxygen atoms in total. The van der Waals surface area contributed by atoms with E-state index < -0.39 is 16.1 Å². The topological polar surface area (TPSA) is 101 Å². The van der Waals surface area contributed by atoms with Gasteiger partial charge in [0.05, 0.1) is 34.2 Å². The van der Waals surface area contributed by atoms with Crippen molar-refractivity contribution in [2.24, 2.45) is 0 Å². The number of nitro groups is 1. The van der Waals surface area contributed by atoms with Crippen molar-refractivity contribution in [1.29, 1.82) is 0 Å². The summed E-state index contributed by atoms with van der Waals surface area (Å²) in [5.74, 6) is -0.876. The molecular weight excluding hydrogens is 454 g/mol. The zero-order chi connectivity index (χ0) is 23.8. The third kappa shape index (κ3) is 3.75. The van der Waals surface area contributed by atoms with Gasteiger partial charge in [-0.3, -0.25) is 29.4 Å². The Balaban J connectivity index is 1.49. The molecule has 3 amide bonds. The molecule has 2 aliphatic rings. The first-order valence-corrected chi connectivity index (χ1v) is 11.2. The van der Waals surface area contributed by atoms with Crippen LogP contribution >= 0.6 is 11.8 Å². The van der Waals surface area contributed by atoms with Crippen LogP contribution in [0, 0.1) is 10.1 Å². The standard InChI is InChI=1S/C25H17N3O5S/c29-23-21(22-24(30)27(25(31)34-22)15-16-6-2-1-3-7-16)19-8-4-5-9-20(19)26(23)14-17-10-12-18(13-11-17)28(32)33/h1-13H,14-15H2/b22-21-. The third-order valence-electron chi connectivity index (χ3n) is 5.67. The Kier molecular flexibility index (Phi) is 5.46. The molecule has 3 aromatic carbocycles. The van der Waals surface area contributed by atoms with E-state index in [1.54, 1.807) is 36.4 Å². The number of non-ortho nitro benzene ring substituents is 1. The molecule has 2 heterocycles. The maximum Gasteiger partial charge on any atom is 0.293 e. The van der Waals surface area contributed by atoms with Crippen molar-refractivity contribution in [2.45, 2.75) is 13.1 Å². The van der Waals surface area contributed by atoms with Crippen LogP contribution in [0.2, 0.25) is 0 Å². The fraction of sp³-hybridized carbons (Fsp3) is 0.0800.